The molecule has 1 fully saturated rings. The monoisotopic (exact) mass is 574 g/mol. The van der Waals surface area contributed by atoms with Gasteiger partial charge in [0.25, 0.3) is 15.9 Å². The SMILES string of the molecule is O=C(c1nc2c(s1)CC(O)CC2)N1CCN(S(=O)(=O)c2cc3cc(Cl)ccc3[nH]2)CC1CCn1ccnc1. The molecule has 2 unspecified atom stereocenters. The number of aryl methyl sites for hydroxylation is 2. The minimum Gasteiger partial charge on any atom is -0.393 e. The molecule has 2 aliphatic rings. The van der Waals surface area contributed by atoms with E-state index in [4.69, 9.17) is 11.6 Å². The lowest BCUT2D eigenvalue weighted by Crippen LogP contribution is -2.56. The zero-order chi connectivity index (χ0) is 26.4. The van der Waals surface area contributed by atoms with E-state index in [1.165, 1.54) is 15.6 Å². The molecule has 1 aliphatic carbocycles. The van der Waals surface area contributed by atoms with Crippen LogP contribution in [-0.4, -0.2) is 79.9 Å². The molecule has 0 radical (unpaired) electrons. The fraction of sp³-hybridized carbons (Fsp3) is 0.400. The maximum absolute atomic E-state index is 13.7. The molecule has 1 aliphatic heterocycles. The van der Waals surface area contributed by atoms with Gasteiger partial charge in [-0.05, 0) is 43.5 Å². The van der Waals surface area contributed by atoms with E-state index < -0.39 is 16.1 Å². The van der Waals surface area contributed by atoms with E-state index in [2.05, 4.69) is 15.0 Å². The van der Waals surface area contributed by atoms with Crippen LogP contribution in [0.2, 0.25) is 5.02 Å². The van der Waals surface area contributed by atoms with Gasteiger partial charge in [0.1, 0.15) is 5.03 Å². The van der Waals surface area contributed by atoms with Crippen molar-refractivity contribution in [1.29, 1.82) is 0 Å². The van der Waals surface area contributed by atoms with Gasteiger partial charge in [-0.3, -0.25) is 4.79 Å². The number of halogens is 1. The molecule has 2 atom stereocenters. The van der Waals surface area contributed by atoms with Gasteiger partial charge in [0.15, 0.2) is 5.01 Å². The van der Waals surface area contributed by atoms with Crippen molar-refractivity contribution >= 4 is 49.8 Å². The van der Waals surface area contributed by atoms with E-state index in [-0.39, 0.29) is 36.6 Å². The first-order chi connectivity index (χ1) is 18.3. The third-order valence-corrected chi connectivity index (χ3v) is 10.4. The number of nitrogens with zero attached hydrogens (tertiary/aromatic N) is 5. The molecule has 2 N–H and O–H groups in total. The molecule has 6 rings (SSSR count). The first-order valence-electron chi connectivity index (χ1n) is 12.5. The Balaban J connectivity index is 1.26. The molecule has 200 valence electrons. The van der Waals surface area contributed by atoms with Crippen molar-refractivity contribution in [2.45, 2.75) is 49.4 Å². The Kier molecular flexibility index (Phi) is 6.77. The van der Waals surface area contributed by atoms with Gasteiger partial charge in [-0.25, -0.2) is 18.4 Å². The molecule has 10 nitrogen and oxygen atoms in total. The number of carbonyl (C=O) groups is 1. The van der Waals surface area contributed by atoms with Crippen molar-refractivity contribution in [3.05, 3.63) is 63.6 Å². The first kappa shape index (κ1) is 25.5. The number of aromatic amines is 1. The summed E-state index contributed by atoms with van der Waals surface area (Å²) in [5.74, 6) is -0.188. The van der Waals surface area contributed by atoms with Gasteiger partial charge in [-0.2, -0.15) is 4.31 Å². The van der Waals surface area contributed by atoms with Crippen LogP contribution in [0.1, 0.15) is 33.2 Å². The van der Waals surface area contributed by atoms with Gasteiger partial charge in [-0.1, -0.05) is 11.6 Å². The summed E-state index contributed by atoms with van der Waals surface area (Å²) in [6.07, 6.45) is 7.23. The van der Waals surface area contributed by atoms with Crippen LogP contribution in [0, 0.1) is 0 Å². The molecule has 0 spiro atoms. The Morgan fingerprint density at radius 2 is 2.13 bits per heavy atom. The number of aromatic nitrogens is 4. The van der Waals surface area contributed by atoms with Crippen molar-refractivity contribution in [1.82, 2.24) is 28.7 Å². The van der Waals surface area contributed by atoms with Crippen molar-refractivity contribution in [2.75, 3.05) is 19.6 Å². The molecule has 4 aromatic rings. The number of piperazine rings is 1. The molecule has 4 heterocycles. The number of thiazole rings is 1. The summed E-state index contributed by atoms with van der Waals surface area (Å²) in [6, 6.07) is 6.45. The number of carbonyl (C=O) groups excluding carboxylic acids is 1. The number of hydrogen-bond donors (Lipinski definition) is 2. The largest absolute Gasteiger partial charge is 0.393 e. The van der Waals surface area contributed by atoms with Crippen LogP contribution in [0.5, 0.6) is 0 Å². The van der Waals surface area contributed by atoms with E-state index >= 15 is 0 Å². The highest BCUT2D eigenvalue weighted by molar-refractivity contribution is 7.89. The van der Waals surface area contributed by atoms with Gasteiger partial charge >= 0.3 is 0 Å². The van der Waals surface area contributed by atoms with Gasteiger partial charge < -0.3 is 19.6 Å². The Hall–Kier alpha value is -2.77. The van der Waals surface area contributed by atoms with Gasteiger partial charge in [0.05, 0.1) is 18.1 Å². The molecule has 1 aromatic carbocycles. The van der Waals surface area contributed by atoms with Gasteiger partial charge in [0, 0.05) is 71.8 Å². The quantitative estimate of drug-likeness (QED) is 0.365. The van der Waals surface area contributed by atoms with Crippen molar-refractivity contribution in [3.8, 4) is 0 Å². The number of aliphatic hydroxyl groups excluding tert-OH is 1. The number of sulfonamides is 1. The number of H-pyrrole nitrogens is 1. The van der Waals surface area contributed by atoms with Crippen molar-refractivity contribution in [3.63, 3.8) is 0 Å². The minimum atomic E-state index is -3.83. The molecular formula is C25H27ClN6O4S2. The number of fused-ring (bicyclic) bond motifs is 2. The number of benzene rings is 1. The Morgan fingerprint density at radius 1 is 1.26 bits per heavy atom. The molecule has 38 heavy (non-hydrogen) atoms. The molecule has 1 amide bonds. The molecular weight excluding hydrogens is 548 g/mol. The highest BCUT2D eigenvalue weighted by Crippen LogP contribution is 2.30. The average Bonchev–Trinajstić information content (AvgIpc) is 3.66. The van der Waals surface area contributed by atoms with E-state index in [0.717, 1.165) is 16.0 Å². The van der Waals surface area contributed by atoms with E-state index in [1.54, 1.807) is 41.7 Å². The Bertz CT molecular complexity index is 1580. The normalized spacial score (nSPS) is 20.6. The fourth-order valence-corrected chi connectivity index (χ4v) is 8.00. The van der Waals surface area contributed by atoms with Crippen molar-refractivity contribution < 1.29 is 18.3 Å². The maximum Gasteiger partial charge on any atom is 0.283 e. The fourth-order valence-electron chi connectivity index (χ4n) is 5.20. The van der Waals surface area contributed by atoms with Crippen LogP contribution in [0.4, 0.5) is 0 Å². The standard InChI is InChI=1S/C25H27ClN6O4S2/c26-17-1-3-20-16(11-17)12-23(28-20)38(35,36)31-9-10-32(18(14-31)5-7-30-8-6-27-15-30)25(34)24-29-21-4-2-19(33)13-22(21)37-24/h1,3,6,8,11-12,15,18-19,28,33H,2,4-5,7,9-10,13-14H2. The van der Waals surface area contributed by atoms with Crippen molar-refractivity contribution in [2.24, 2.45) is 0 Å². The zero-order valence-corrected chi connectivity index (χ0v) is 22.8. The summed E-state index contributed by atoms with van der Waals surface area (Å²) in [6.45, 7) is 1.19. The lowest BCUT2D eigenvalue weighted by molar-refractivity contribution is 0.0543. The van der Waals surface area contributed by atoms with Crippen LogP contribution in [0.3, 0.4) is 0 Å². The summed E-state index contributed by atoms with van der Waals surface area (Å²) >= 11 is 7.43. The third-order valence-electron chi connectivity index (χ3n) is 7.26. The summed E-state index contributed by atoms with van der Waals surface area (Å²) in [5.41, 5.74) is 1.58. The summed E-state index contributed by atoms with van der Waals surface area (Å²) < 4.78 is 30.6. The number of imidazole rings is 1. The Labute approximate surface area is 228 Å². The van der Waals surface area contributed by atoms with Crippen LogP contribution >= 0.6 is 22.9 Å². The number of aliphatic hydroxyl groups is 1. The van der Waals surface area contributed by atoms with E-state index in [0.29, 0.717) is 47.8 Å². The number of rotatable bonds is 6. The van der Waals surface area contributed by atoms with Crippen LogP contribution < -0.4 is 0 Å². The lowest BCUT2D eigenvalue weighted by Gasteiger charge is -2.40. The summed E-state index contributed by atoms with van der Waals surface area (Å²) in [7, 11) is -3.83. The predicted molar refractivity (Wildman–Crippen MR) is 144 cm³/mol. The van der Waals surface area contributed by atoms with Gasteiger partial charge in [-0.15, -0.1) is 11.3 Å². The third kappa shape index (κ3) is 4.87. The number of nitrogens with one attached hydrogen (secondary N) is 1. The molecule has 0 saturated carbocycles. The second-order valence-electron chi connectivity index (χ2n) is 9.76. The second-order valence-corrected chi connectivity index (χ2v) is 13.2. The van der Waals surface area contributed by atoms with Crippen LogP contribution in [-0.2, 0) is 29.4 Å². The number of hydrogen-bond acceptors (Lipinski definition) is 7. The molecule has 13 heteroatoms. The predicted octanol–water partition coefficient (Wildman–Crippen LogP) is 2.93. The van der Waals surface area contributed by atoms with Crippen LogP contribution in [0.15, 0.2) is 48.0 Å². The van der Waals surface area contributed by atoms with E-state index in [9.17, 15) is 18.3 Å². The van der Waals surface area contributed by atoms with E-state index in [1.807, 2.05) is 10.8 Å². The topological polar surface area (TPSA) is 124 Å². The highest BCUT2D eigenvalue weighted by atomic mass is 35.5. The van der Waals surface area contributed by atoms with Gasteiger partial charge in [0.2, 0.25) is 0 Å². The summed E-state index contributed by atoms with van der Waals surface area (Å²) in [5, 5.41) is 11.8. The molecule has 3 aromatic heterocycles. The molecule has 1 saturated heterocycles. The maximum atomic E-state index is 13.7. The minimum absolute atomic E-state index is 0.106. The average molecular weight is 575 g/mol. The first-order valence-corrected chi connectivity index (χ1v) is 15.1. The second kappa shape index (κ2) is 10.1. The molecule has 0 bridgehead atoms. The summed E-state index contributed by atoms with van der Waals surface area (Å²) in [4.78, 5) is 28.1. The Morgan fingerprint density at radius 3 is 2.95 bits per heavy atom. The smallest absolute Gasteiger partial charge is 0.283 e. The lowest BCUT2D eigenvalue weighted by atomic mass is 10.0. The van der Waals surface area contributed by atoms with Crippen LogP contribution in [0.25, 0.3) is 10.9 Å². The highest BCUT2D eigenvalue weighted by Gasteiger charge is 2.38. The zero-order valence-electron chi connectivity index (χ0n) is 20.5. The number of amides is 1.